The van der Waals surface area contributed by atoms with Crippen molar-refractivity contribution in [2.45, 2.75) is 38.6 Å². The summed E-state index contributed by atoms with van der Waals surface area (Å²) in [5, 5.41) is 11.9. The Labute approximate surface area is 132 Å². The van der Waals surface area contributed by atoms with E-state index in [1.807, 2.05) is 0 Å². The fraction of sp³-hybridized carbons (Fsp3) is 0.438. The van der Waals surface area contributed by atoms with Crippen LogP contribution in [0.4, 0.5) is 0 Å². The number of amides is 1. The van der Waals surface area contributed by atoms with Gasteiger partial charge in [-0.1, -0.05) is 0 Å². The van der Waals surface area contributed by atoms with Crippen LogP contribution >= 0.6 is 0 Å². The molecule has 3 rings (SSSR count). The molecule has 7 nitrogen and oxygen atoms in total. The molecule has 2 aromatic heterocycles. The predicted octanol–water partition coefficient (Wildman–Crippen LogP) is 2.16. The minimum atomic E-state index is -0.794. The SMILES string of the molecule is Cc1oc(-c2ccco2)nc1CC(=O)N[C@H]1CC[C@@H](C(=O)O)C1. The van der Waals surface area contributed by atoms with E-state index in [2.05, 4.69) is 10.3 Å². The monoisotopic (exact) mass is 318 g/mol. The second kappa shape index (κ2) is 6.28. The highest BCUT2D eigenvalue weighted by Gasteiger charge is 2.30. The average Bonchev–Trinajstić information content (AvgIpc) is 3.20. The normalized spacial score (nSPS) is 20.6. The summed E-state index contributed by atoms with van der Waals surface area (Å²) >= 11 is 0. The number of carbonyl (C=O) groups excluding carboxylic acids is 1. The molecule has 2 atom stereocenters. The molecular formula is C16H18N2O5. The van der Waals surface area contributed by atoms with Gasteiger partial charge in [-0.3, -0.25) is 9.59 Å². The van der Waals surface area contributed by atoms with Gasteiger partial charge in [0.05, 0.1) is 24.3 Å². The van der Waals surface area contributed by atoms with E-state index >= 15 is 0 Å². The summed E-state index contributed by atoms with van der Waals surface area (Å²) in [7, 11) is 0. The van der Waals surface area contributed by atoms with Gasteiger partial charge in [-0.2, -0.15) is 0 Å². The molecule has 0 spiro atoms. The lowest BCUT2D eigenvalue weighted by Crippen LogP contribution is -2.34. The molecule has 0 saturated heterocycles. The molecule has 0 bridgehead atoms. The van der Waals surface area contributed by atoms with Crippen molar-refractivity contribution >= 4 is 11.9 Å². The molecule has 2 heterocycles. The number of oxazole rings is 1. The third-order valence-corrected chi connectivity index (χ3v) is 4.10. The van der Waals surface area contributed by atoms with Crippen molar-refractivity contribution in [3.63, 3.8) is 0 Å². The number of aryl methyl sites for hydroxylation is 1. The molecule has 1 aliphatic carbocycles. The lowest BCUT2D eigenvalue weighted by molar-refractivity contribution is -0.141. The summed E-state index contributed by atoms with van der Waals surface area (Å²) in [5.41, 5.74) is 0.557. The van der Waals surface area contributed by atoms with E-state index in [4.69, 9.17) is 13.9 Å². The summed E-state index contributed by atoms with van der Waals surface area (Å²) in [5.74, 6) is 0.101. The first-order chi connectivity index (χ1) is 11.0. The topological polar surface area (TPSA) is 106 Å². The summed E-state index contributed by atoms with van der Waals surface area (Å²) in [6.07, 6.45) is 3.41. The third kappa shape index (κ3) is 3.44. The second-order valence-corrected chi connectivity index (χ2v) is 5.79. The Hall–Kier alpha value is -2.57. The fourth-order valence-corrected chi connectivity index (χ4v) is 2.87. The maximum absolute atomic E-state index is 12.1. The standard InChI is InChI=1S/C16H18N2O5/c1-9-12(18-15(23-9)13-3-2-6-22-13)8-14(19)17-11-5-4-10(7-11)16(20)21/h2-3,6,10-11H,4-5,7-8H2,1H3,(H,17,19)(H,20,21)/t10-,11+/m1/s1. The van der Waals surface area contributed by atoms with E-state index in [9.17, 15) is 9.59 Å². The first-order valence-corrected chi connectivity index (χ1v) is 7.55. The van der Waals surface area contributed by atoms with Crippen molar-refractivity contribution in [3.8, 4) is 11.7 Å². The number of hydrogen-bond acceptors (Lipinski definition) is 5. The number of rotatable bonds is 5. The zero-order valence-corrected chi connectivity index (χ0v) is 12.7. The van der Waals surface area contributed by atoms with Crippen LogP contribution in [-0.4, -0.2) is 28.0 Å². The third-order valence-electron chi connectivity index (χ3n) is 4.10. The van der Waals surface area contributed by atoms with E-state index in [0.717, 1.165) is 0 Å². The van der Waals surface area contributed by atoms with Gasteiger partial charge in [-0.05, 0) is 38.3 Å². The number of hydrogen-bond donors (Lipinski definition) is 2. The van der Waals surface area contributed by atoms with Gasteiger partial charge in [-0.15, -0.1) is 0 Å². The van der Waals surface area contributed by atoms with Crippen LogP contribution in [0.2, 0.25) is 0 Å². The van der Waals surface area contributed by atoms with E-state index in [-0.39, 0.29) is 24.3 Å². The number of carboxylic acid groups (broad SMARTS) is 1. The van der Waals surface area contributed by atoms with Gasteiger partial charge in [0, 0.05) is 6.04 Å². The first kappa shape index (κ1) is 15.3. The Morgan fingerprint density at radius 2 is 2.26 bits per heavy atom. The smallest absolute Gasteiger partial charge is 0.306 e. The van der Waals surface area contributed by atoms with Gasteiger partial charge >= 0.3 is 5.97 Å². The Morgan fingerprint density at radius 1 is 1.43 bits per heavy atom. The molecule has 1 saturated carbocycles. The maximum atomic E-state index is 12.1. The van der Waals surface area contributed by atoms with Gasteiger partial charge in [0.25, 0.3) is 5.89 Å². The first-order valence-electron chi connectivity index (χ1n) is 7.55. The molecule has 7 heteroatoms. The molecule has 23 heavy (non-hydrogen) atoms. The summed E-state index contributed by atoms with van der Waals surface area (Å²) in [4.78, 5) is 27.4. The zero-order valence-electron chi connectivity index (χ0n) is 12.7. The van der Waals surface area contributed by atoms with Crippen molar-refractivity contribution in [2.75, 3.05) is 0 Å². The highest BCUT2D eigenvalue weighted by Crippen LogP contribution is 2.26. The number of nitrogens with one attached hydrogen (secondary N) is 1. The Morgan fingerprint density at radius 3 is 2.91 bits per heavy atom. The van der Waals surface area contributed by atoms with Gasteiger partial charge < -0.3 is 19.3 Å². The van der Waals surface area contributed by atoms with Crippen molar-refractivity contribution in [2.24, 2.45) is 5.92 Å². The second-order valence-electron chi connectivity index (χ2n) is 5.79. The summed E-state index contributed by atoms with van der Waals surface area (Å²) in [6.45, 7) is 1.75. The van der Waals surface area contributed by atoms with Crippen molar-refractivity contribution in [1.82, 2.24) is 10.3 Å². The minimum Gasteiger partial charge on any atom is -0.481 e. The summed E-state index contributed by atoms with van der Waals surface area (Å²) in [6, 6.07) is 3.39. The van der Waals surface area contributed by atoms with Crippen LogP contribution in [0.25, 0.3) is 11.7 Å². The molecular weight excluding hydrogens is 300 g/mol. The molecule has 1 fully saturated rings. The average molecular weight is 318 g/mol. The van der Waals surface area contributed by atoms with Gasteiger partial charge in [0.2, 0.25) is 5.91 Å². The molecule has 2 aromatic rings. The number of aromatic nitrogens is 1. The summed E-state index contributed by atoms with van der Waals surface area (Å²) < 4.78 is 10.7. The van der Waals surface area contributed by atoms with E-state index < -0.39 is 5.97 Å². The number of nitrogens with zero attached hydrogens (tertiary/aromatic N) is 1. The molecule has 0 unspecified atom stereocenters. The maximum Gasteiger partial charge on any atom is 0.306 e. The lowest BCUT2D eigenvalue weighted by Gasteiger charge is -2.11. The van der Waals surface area contributed by atoms with Gasteiger partial charge in [0.15, 0.2) is 5.76 Å². The van der Waals surface area contributed by atoms with Gasteiger partial charge in [0.1, 0.15) is 5.76 Å². The van der Waals surface area contributed by atoms with E-state index in [0.29, 0.717) is 42.4 Å². The highest BCUT2D eigenvalue weighted by atomic mass is 16.4. The molecule has 1 aliphatic rings. The van der Waals surface area contributed by atoms with Crippen LogP contribution in [0, 0.1) is 12.8 Å². The predicted molar refractivity (Wildman–Crippen MR) is 79.6 cm³/mol. The van der Waals surface area contributed by atoms with Crippen molar-refractivity contribution in [1.29, 1.82) is 0 Å². The Bertz CT molecular complexity index is 704. The van der Waals surface area contributed by atoms with Crippen LogP contribution < -0.4 is 5.32 Å². The largest absolute Gasteiger partial charge is 0.481 e. The van der Waals surface area contributed by atoms with Crippen LogP contribution in [-0.2, 0) is 16.0 Å². The number of carboxylic acids is 1. The van der Waals surface area contributed by atoms with Gasteiger partial charge in [-0.25, -0.2) is 4.98 Å². The molecule has 2 N–H and O–H groups in total. The van der Waals surface area contributed by atoms with Crippen molar-refractivity contribution < 1.29 is 23.5 Å². The van der Waals surface area contributed by atoms with Crippen LogP contribution in [0.15, 0.2) is 27.2 Å². The molecule has 0 aliphatic heterocycles. The number of carbonyl (C=O) groups is 2. The highest BCUT2D eigenvalue weighted by molar-refractivity contribution is 5.79. The molecule has 122 valence electrons. The van der Waals surface area contributed by atoms with Crippen LogP contribution in [0.3, 0.4) is 0 Å². The lowest BCUT2D eigenvalue weighted by atomic mass is 10.1. The molecule has 1 amide bonds. The van der Waals surface area contributed by atoms with Crippen LogP contribution in [0.1, 0.15) is 30.7 Å². The number of furan rings is 1. The van der Waals surface area contributed by atoms with Crippen molar-refractivity contribution in [3.05, 3.63) is 29.9 Å². The van der Waals surface area contributed by atoms with E-state index in [1.165, 1.54) is 6.26 Å². The molecule has 0 radical (unpaired) electrons. The van der Waals surface area contributed by atoms with Crippen LogP contribution in [0.5, 0.6) is 0 Å². The Balaban J connectivity index is 1.59. The quantitative estimate of drug-likeness (QED) is 0.875. The Kier molecular flexibility index (Phi) is 4.18. The van der Waals surface area contributed by atoms with E-state index in [1.54, 1.807) is 19.1 Å². The number of aliphatic carboxylic acids is 1. The fourth-order valence-electron chi connectivity index (χ4n) is 2.87. The molecule has 0 aromatic carbocycles. The zero-order chi connectivity index (χ0) is 16.4. The minimum absolute atomic E-state index is 0.0830.